The van der Waals surface area contributed by atoms with E-state index in [1.807, 2.05) is 0 Å². The van der Waals surface area contributed by atoms with Gasteiger partial charge in [0.05, 0.1) is 5.92 Å². The van der Waals surface area contributed by atoms with Gasteiger partial charge in [0.25, 0.3) is 0 Å². The van der Waals surface area contributed by atoms with Gasteiger partial charge in [0.15, 0.2) is 5.78 Å². The maximum Gasteiger partial charge on any atom is 0.311 e. The first-order chi connectivity index (χ1) is 9.18. The van der Waals surface area contributed by atoms with Crippen LogP contribution in [0.3, 0.4) is 0 Å². The molecule has 5 heteroatoms. The summed E-state index contributed by atoms with van der Waals surface area (Å²) in [5.41, 5.74) is 0.789. The molecule has 2 rings (SSSR count). The minimum Gasteiger partial charge on any atom is -0.481 e. The zero-order valence-electron chi connectivity index (χ0n) is 10.1. The van der Waals surface area contributed by atoms with Crippen LogP contribution in [-0.4, -0.2) is 26.8 Å². The number of carboxylic acids is 1. The second-order valence-corrected chi connectivity index (χ2v) is 4.02. The summed E-state index contributed by atoms with van der Waals surface area (Å²) in [4.78, 5) is 31.1. The standard InChI is InChI=1S/C14H12N2O3/c17-13(12-5-1-2-7-16-12)8-11(14(18)19)10-4-3-6-15-9-10/h1-7,9,11H,8H2,(H,18,19). The summed E-state index contributed by atoms with van der Waals surface area (Å²) in [5.74, 6) is -2.24. The first-order valence-electron chi connectivity index (χ1n) is 5.75. The van der Waals surface area contributed by atoms with Crippen molar-refractivity contribution < 1.29 is 14.7 Å². The van der Waals surface area contributed by atoms with Crippen molar-refractivity contribution in [2.45, 2.75) is 12.3 Å². The molecule has 2 heterocycles. The molecule has 1 N–H and O–H groups in total. The summed E-state index contributed by atoms with van der Waals surface area (Å²) in [6.07, 6.45) is 4.40. The number of rotatable bonds is 5. The Labute approximate surface area is 110 Å². The molecule has 96 valence electrons. The van der Waals surface area contributed by atoms with Crippen LogP contribution in [0, 0.1) is 0 Å². The van der Waals surface area contributed by atoms with Gasteiger partial charge in [-0.05, 0) is 23.8 Å². The summed E-state index contributed by atoms with van der Waals surface area (Å²) in [7, 11) is 0. The molecule has 0 saturated carbocycles. The maximum atomic E-state index is 12.0. The van der Waals surface area contributed by atoms with Crippen LogP contribution in [0.1, 0.15) is 28.4 Å². The van der Waals surface area contributed by atoms with E-state index < -0.39 is 11.9 Å². The van der Waals surface area contributed by atoms with Gasteiger partial charge in [0.2, 0.25) is 0 Å². The zero-order chi connectivity index (χ0) is 13.7. The highest BCUT2D eigenvalue weighted by molar-refractivity contribution is 5.97. The van der Waals surface area contributed by atoms with Crippen LogP contribution in [0.15, 0.2) is 48.9 Å². The summed E-state index contributed by atoms with van der Waals surface area (Å²) >= 11 is 0. The number of pyridine rings is 2. The Morgan fingerprint density at radius 3 is 2.58 bits per heavy atom. The lowest BCUT2D eigenvalue weighted by Crippen LogP contribution is -2.17. The number of carboxylic acid groups (broad SMARTS) is 1. The van der Waals surface area contributed by atoms with Gasteiger partial charge in [-0.3, -0.25) is 19.6 Å². The fourth-order valence-electron chi connectivity index (χ4n) is 1.75. The van der Waals surface area contributed by atoms with Crippen molar-refractivity contribution in [2.75, 3.05) is 0 Å². The lowest BCUT2D eigenvalue weighted by Gasteiger charge is -2.11. The number of carbonyl (C=O) groups is 2. The van der Waals surface area contributed by atoms with E-state index in [9.17, 15) is 14.7 Å². The second-order valence-electron chi connectivity index (χ2n) is 4.02. The van der Waals surface area contributed by atoms with Gasteiger partial charge in [-0.25, -0.2) is 0 Å². The van der Waals surface area contributed by atoms with Crippen LogP contribution in [-0.2, 0) is 4.79 Å². The van der Waals surface area contributed by atoms with Crippen molar-refractivity contribution in [3.05, 3.63) is 60.2 Å². The molecular weight excluding hydrogens is 244 g/mol. The fraction of sp³-hybridized carbons (Fsp3) is 0.143. The second kappa shape index (κ2) is 5.86. The van der Waals surface area contributed by atoms with Crippen molar-refractivity contribution in [2.24, 2.45) is 0 Å². The predicted octanol–water partition coefficient (Wildman–Crippen LogP) is 1.92. The number of hydrogen-bond acceptors (Lipinski definition) is 4. The largest absolute Gasteiger partial charge is 0.481 e. The Hall–Kier alpha value is -2.56. The highest BCUT2D eigenvalue weighted by Crippen LogP contribution is 2.20. The van der Waals surface area contributed by atoms with Gasteiger partial charge in [-0.15, -0.1) is 0 Å². The van der Waals surface area contributed by atoms with E-state index in [2.05, 4.69) is 9.97 Å². The molecule has 5 nitrogen and oxygen atoms in total. The van der Waals surface area contributed by atoms with Crippen molar-refractivity contribution in [3.8, 4) is 0 Å². The number of hydrogen-bond donors (Lipinski definition) is 1. The molecular formula is C14H12N2O3. The van der Waals surface area contributed by atoms with E-state index in [1.54, 1.807) is 36.5 Å². The molecule has 0 aromatic carbocycles. The quantitative estimate of drug-likeness (QED) is 0.826. The highest BCUT2D eigenvalue weighted by Gasteiger charge is 2.24. The van der Waals surface area contributed by atoms with Gasteiger partial charge in [0.1, 0.15) is 5.69 Å². The molecule has 0 bridgehead atoms. The summed E-state index contributed by atoms with van der Waals surface area (Å²) in [6.45, 7) is 0. The molecule has 0 aliphatic carbocycles. The Kier molecular flexibility index (Phi) is 3.97. The van der Waals surface area contributed by atoms with Gasteiger partial charge < -0.3 is 5.11 Å². The third kappa shape index (κ3) is 3.22. The van der Waals surface area contributed by atoms with Crippen LogP contribution in [0.4, 0.5) is 0 Å². The number of ketones is 1. The first kappa shape index (κ1) is 12.9. The van der Waals surface area contributed by atoms with Gasteiger partial charge >= 0.3 is 5.97 Å². The molecule has 0 fully saturated rings. The molecule has 0 aliphatic rings. The smallest absolute Gasteiger partial charge is 0.311 e. The SMILES string of the molecule is O=C(CC(C(=O)O)c1cccnc1)c1ccccn1. The fourth-order valence-corrected chi connectivity index (χ4v) is 1.75. The molecule has 0 amide bonds. The summed E-state index contributed by atoms with van der Waals surface area (Å²) in [6, 6.07) is 8.27. The molecule has 2 aromatic heterocycles. The number of aromatic nitrogens is 2. The Morgan fingerprint density at radius 1 is 1.16 bits per heavy atom. The number of Topliss-reactive ketones (excluding diaryl/α,β-unsaturated/α-hetero) is 1. The Balaban J connectivity index is 2.19. The maximum absolute atomic E-state index is 12.0. The molecule has 1 atom stereocenters. The molecule has 19 heavy (non-hydrogen) atoms. The van der Waals surface area contributed by atoms with Crippen molar-refractivity contribution in [1.82, 2.24) is 9.97 Å². The molecule has 0 saturated heterocycles. The van der Waals surface area contributed by atoms with Crippen LogP contribution >= 0.6 is 0 Å². The molecule has 0 aliphatic heterocycles. The van der Waals surface area contributed by atoms with Crippen molar-refractivity contribution in [1.29, 1.82) is 0 Å². The monoisotopic (exact) mass is 256 g/mol. The minimum absolute atomic E-state index is 0.127. The summed E-state index contributed by atoms with van der Waals surface area (Å²) in [5, 5.41) is 9.22. The molecule has 0 spiro atoms. The van der Waals surface area contributed by atoms with Crippen molar-refractivity contribution >= 4 is 11.8 Å². The lowest BCUT2D eigenvalue weighted by atomic mass is 9.94. The molecule has 0 radical (unpaired) electrons. The van der Waals surface area contributed by atoms with Gasteiger partial charge in [-0.2, -0.15) is 0 Å². The molecule has 2 aromatic rings. The third-order valence-corrected chi connectivity index (χ3v) is 2.72. The van der Waals surface area contributed by atoms with Crippen molar-refractivity contribution in [3.63, 3.8) is 0 Å². The Morgan fingerprint density at radius 2 is 2.00 bits per heavy atom. The Bertz CT molecular complexity index is 570. The number of carbonyl (C=O) groups excluding carboxylic acids is 1. The average Bonchev–Trinajstić information content (AvgIpc) is 2.46. The topological polar surface area (TPSA) is 80.2 Å². The highest BCUT2D eigenvalue weighted by atomic mass is 16.4. The van der Waals surface area contributed by atoms with Crippen LogP contribution < -0.4 is 0 Å². The summed E-state index contributed by atoms with van der Waals surface area (Å²) < 4.78 is 0. The van der Waals surface area contributed by atoms with Gasteiger partial charge in [0, 0.05) is 25.0 Å². The number of nitrogens with zero attached hydrogens (tertiary/aromatic N) is 2. The lowest BCUT2D eigenvalue weighted by molar-refractivity contribution is -0.138. The van der Waals surface area contributed by atoms with E-state index in [1.165, 1.54) is 12.4 Å². The van der Waals surface area contributed by atoms with E-state index in [0.717, 1.165) is 0 Å². The van der Waals surface area contributed by atoms with E-state index in [0.29, 0.717) is 5.56 Å². The van der Waals surface area contributed by atoms with E-state index in [-0.39, 0.29) is 17.9 Å². The van der Waals surface area contributed by atoms with Crippen LogP contribution in [0.2, 0.25) is 0 Å². The van der Waals surface area contributed by atoms with Gasteiger partial charge in [-0.1, -0.05) is 12.1 Å². The average molecular weight is 256 g/mol. The predicted molar refractivity (Wildman–Crippen MR) is 67.8 cm³/mol. The zero-order valence-corrected chi connectivity index (χ0v) is 10.1. The van der Waals surface area contributed by atoms with E-state index >= 15 is 0 Å². The normalized spacial score (nSPS) is 11.8. The first-order valence-corrected chi connectivity index (χ1v) is 5.75. The van der Waals surface area contributed by atoms with Crippen LogP contribution in [0.25, 0.3) is 0 Å². The molecule has 1 unspecified atom stereocenters. The minimum atomic E-state index is -1.04. The number of aliphatic carboxylic acids is 1. The van der Waals surface area contributed by atoms with E-state index in [4.69, 9.17) is 0 Å². The third-order valence-electron chi connectivity index (χ3n) is 2.72. The van der Waals surface area contributed by atoms with Crippen LogP contribution in [0.5, 0.6) is 0 Å².